The zero-order valence-corrected chi connectivity index (χ0v) is 18.2. The van der Waals surface area contributed by atoms with Crippen LogP contribution in [0.1, 0.15) is 48.8 Å². The highest BCUT2D eigenvalue weighted by atomic mass is 16.5. The molecule has 5 nitrogen and oxygen atoms in total. The van der Waals surface area contributed by atoms with Crippen LogP contribution in [0.25, 0.3) is 27.1 Å². The fourth-order valence-electron chi connectivity index (χ4n) is 4.97. The molecule has 2 aliphatic heterocycles. The first-order chi connectivity index (χ1) is 15.7. The third-order valence-electron chi connectivity index (χ3n) is 6.74. The molecule has 2 fully saturated rings. The molecule has 2 saturated heterocycles. The molecular weight excluding hydrogens is 396 g/mol. The topological polar surface area (TPSA) is 64.5 Å². The van der Waals surface area contributed by atoms with E-state index >= 15 is 0 Å². The first-order valence-corrected chi connectivity index (χ1v) is 11.4. The molecule has 5 rings (SSSR count). The van der Waals surface area contributed by atoms with E-state index in [0.717, 1.165) is 54.9 Å². The van der Waals surface area contributed by atoms with Crippen LogP contribution in [0.2, 0.25) is 0 Å². The summed E-state index contributed by atoms with van der Waals surface area (Å²) in [4.78, 5) is 7.98. The Labute approximate surface area is 189 Å². The van der Waals surface area contributed by atoms with Crippen molar-refractivity contribution in [3.05, 3.63) is 77.3 Å². The van der Waals surface area contributed by atoms with Gasteiger partial charge in [-0.1, -0.05) is 36.4 Å². The van der Waals surface area contributed by atoms with Gasteiger partial charge in [-0.15, -0.1) is 0 Å². The number of ether oxygens (including phenoxy) is 1. The summed E-state index contributed by atoms with van der Waals surface area (Å²) in [5.74, 6) is 1.07. The summed E-state index contributed by atoms with van der Waals surface area (Å²) >= 11 is 0. The number of aromatic nitrogens is 1. The fourth-order valence-corrected chi connectivity index (χ4v) is 4.97. The second-order valence-electron chi connectivity index (χ2n) is 8.69. The Kier molecular flexibility index (Phi) is 5.89. The van der Waals surface area contributed by atoms with Crippen LogP contribution in [0.5, 0.6) is 0 Å². The van der Waals surface area contributed by atoms with E-state index in [-0.39, 0.29) is 0 Å². The molecule has 0 radical (unpaired) electrons. The Morgan fingerprint density at radius 1 is 0.938 bits per heavy atom. The number of nitrogen functional groups attached to an aromatic ring is 1. The van der Waals surface area contributed by atoms with Crippen LogP contribution in [0.4, 0.5) is 11.5 Å². The second-order valence-corrected chi connectivity index (χ2v) is 8.69. The quantitative estimate of drug-likeness (QED) is 0.514. The molecule has 0 unspecified atom stereocenters. The van der Waals surface area contributed by atoms with Crippen LogP contribution in [-0.2, 0) is 4.74 Å². The molecule has 3 N–H and O–H groups in total. The van der Waals surface area contributed by atoms with Gasteiger partial charge in [0, 0.05) is 36.6 Å². The summed E-state index contributed by atoms with van der Waals surface area (Å²) in [7, 11) is 0. The second kappa shape index (κ2) is 9.12. The first kappa shape index (κ1) is 20.7. The van der Waals surface area contributed by atoms with Crippen LogP contribution < -0.4 is 11.1 Å². The number of nitrogens with zero attached hydrogens (tertiary/aromatic N) is 2. The Morgan fingerprint density at radius 3 is 2.44 bits per heavy atom. The van der Waals surface area contributed by atoms with E-state index in [9.17, 15) is 0 Å². The smallest absolute Gasteiger partial charge is 0.187 e. The van der Waals surface area contributed by atoms with Gasteiger partial charge in [-0.2, -0.15) is 0 Å². The molecule has 32 heavy (non-hydrogen) atoms. The predicted molar refractivity (Wildman–Crippen MR) is 129 cm³/mol. The lowest BCUT2D eigenvalue weighted by molar-refractivity contribution is 0.0851. The molecular formula is C27H28N4O. The van der Waals surface area contributed by atoms with E-state index in [0.29, 0.717) is 23.5 Å². The minimum atomic E-state index is 0.412. The fraction of sp³-hybridized carbons (Fsp3) is 0.333. The molecule has 3 heterocycles. The first-order valence-electron chi connectivity index (χ1n) is 11.4. The third kappa shape index (κ3) is 4.12. The standard InChI is InChI=1S/C27H28N4O/c1-29-22-7-4-18(5-8-22)24-16-21(17-31-27(24)28)20-6-9-23(19-10-13-32-14-11-19)25(15-20)26-3-2-12-30-26/h4-9,15-17,19,26,30H,2-3,10-14H2,(H2,28,31)/t26-/m0/s1. The maximum atomic E-state index is 7.17. The van der Waals surface area contributed by atoms with Crippen LogP contribution in [0, 0.1) is 6.57 Å². The molecule has 3 aromatic rings. The highest BCUT2D eigenvalue weighted by molar-refractivity contribution is 5.80. The lowest BCUT2D eigenvalue weighted by Gasteiger charge is -2.27. The van der Waals surface area contributed by atoms with Crippen molar-refractivity contribution in [1.82, 2.24) is 10.3 Å². The Hall–Kier alpha value is -3.20. The molecule has 0 saturated carbocycles. The molecule has 162 valence electrons. The molecule has 0 aliphatic carbocycles. The van der Waals surface area contributed by atoms with Gasteiger partial charge in [-0.05, 0) is 72.5 Å². The average Bonchev–Trinajstić information content (AvgIpc) is 3.40. The van der Waals surface area contributed by atoms with Gasteiger partial charge in [0.15, 0.2) is 5.69 Å². The van der Waals surface area contributed by atoms with E-state index in [1.54, 1.807) is 0 Å². The van der Waals surface area contributed by atoms with Gasteiger partial charge in [-0.3, -0.25) is 0 Å². The highest BCUT2D eigenvalue weighted by Crippen LogP contribution is 2.38. The number of pyridine rings is 1. The molecule has 0 bridgehead atoms. The Bertz CT molecular complexity index is 1140. The van der Waals surface area contributed by atoms with E-state index in [1.165, 1.54) is 24.0 Å². The monoisotopic (exact) mass is 424 g/mol. The lowest BCUT2D eigenvalue weighted by Crippen LogP contribution is -2.19. The van der Waals surface area contributed by atoms with Crippen molar-refractivity contribution in [2.45, 2.75) is 37.6 Å². The Morgan fingerprint density at radius 2 is 1.72 bits per heavy atom. The molecule has 2 aliphatic rings. The summed E-state index contributed by atoms with van der Waals surface area (Å²) in [5.41, 5.74) is 13.8. The van der Waals surface area contributed by atoms with Gasteiger partial charge in [0.25, 0.3) is 0 Å². The average molecular weight is 425 g/mol. The predicted octanol–water partition coefficient (Wildman–Crippen LogP) is 5.87. The molecule has 1 aromatic heterocycles. The van der Waals surface area contributed by atoms with Gasteiger partial charge < -0.3 is 15.8 Å². The number of benzene rings is 2. The number of nitrogens with two attached hydrogens (primary N) is 1. The van der Waals surface area contributed by atoms with Crippen molar-refractivity contribution >= 4 is 11.5 Å². The van der Waals surface area contributed by atoms with Crippen LogP contribution in [0.15, 0.2) is 54.7 Å². The van der Waals surface area contributed by atoms with Gasteiger partial charge in [-0.25, -0.2) is 9.83 Å². The van der Waals surface area contributed by atoms with Crippen molar-refractivity contribution in [3.63, 3.8) is 0 Å². The minimum absolute atomic E-state index is 0.412. The maximum absolute atomic E-state index is 7.17. The van der Waals surface area contributed by atoms with Crippen molar-refractivity contribution in [1.29, 1.82) is 0 Å². The van der Waals surface area contributed by atoms with E-state index in [1.807, 2.05) is 30.5 Å². The van der Waals surface area contributed by atoms with Crippen molar-refractivity contribution in [2.24, 2.45) is 0 Å². The Balaban J connectivity index is 1.54. The van der Waals surface area contributed by atoms with E-state index in [4.69, 9.17) is 17.0 Å². The van der Waals surface area contributed by atoms with Crippen molar-refractivity contribution in [3.8, 4) is 22.3 Å². The van der Waals surface area contributed by atoms with Gasteiger partial charge in [0.2, 0.25) is 0 Å². The summed E-state index contributed by atoms with van der Waals surface area (Å²) in [6.07, 6.45) is 6.44. The number of hydrogen-bond acceptors (Lipinski definition) is 4. The number of rotatable bonds is 4. The van der Waals surface area contributed by atoms with Gasteiger partial charge in [0.05, 0.1) is 6.57 Å². The minimum Gasteiger partial charge on any atom is -0.383 e. The van der Waals surface area contributed by atoms with Crippen molar-refractivity contribution in [2.75, 3.05) is 25.5 Å². The SMILES string of the molecule is [C-]#[N+]c1ccc(-c2cc(-c3ccc(C4CCOCC4)c([C@@H]4CCCN4)c3)cnc2N)cc1. The summed E-state index contributed by atoms with van der Waals surface area (Å²) in [6, 6.07) is 16.9. The van der Waals surface area contributed by atoms with Crippen LogP contribution in [0.3, 0.4) is 0 Å². The zero-order chi connectivity index (χ0) is 21.9. The number of hydrogen-bond donors (Lipinski definition) is 2. The van der Waals surface area contributed by atoms with E-state index < -0.39 is 0 Å². The van der Waals surface area contributed by atoms with Crippen LogP contribution in [-0.4, -0.2) is 24.7 Å². The van der Waals surface area contributed by atoms with Gasteiger partial charge >= 0.3 is 0 Å². The largest absolute Gasteiger partial charge is 0.383 e. The molecule has 0 spiro atoms. The lowest BCUT2D eigenvalue weighted by atomic mass is 9.84. The zero-order valence-electron chi connectivity index (χ0n) is 18.2. The maximum Gasteiger partial charge on any atom is 0.187 e. The third-order valence-corrected chi connectivity index (χ3v) is 6.74. The summed E-state index contributed by atoms with van der Waals surface area (Å²) in [6.45, 7) is 9.94. The van der Waals surface area contributed by atoms with Gasteiger partial charge in [0.1, 0.15) is 5.82 Å². The van der Waals surface area contributed by atoms with Crippen molar-refractivity contribution < 1.29 is 4.74 Å². The number of nitrogens with one attached hydrogen (secondary N) is 1. The summed E-state index contributed by atoms with van der Waals surface area (Å²) in [5, 5.41) is 3.70. The molecule has 2 aromatic carbocycles. The molecule has 5 heteroatoms. The van der Waals surface area contributed by atoms with E-state index in [2.05, 4.69) is 39.4 Å². The van der Waals surface area contributed by atoms with Crippen LogP contribution >= 0.6 is 0 Å². The highest BCUT2D eigenvalue weighted by Gasteiger charge is 2.25. The molecule has 1 atom stereocenters. The summed E-state index contributed by atoms with van der Waals surface area (Å²) < 4.78 is 5.61. The molecule has 0 amide bonds. The number of anilines is 1. The normalized spacial score (nSPS) is 19.0.